The van der Waals surface area contributed by atoms with Gasteiger partial charge in [-0.3, -0.25) is 14.2 Å². The fourth-order valence-corrected chi connectivity index (χ4v) is 3.21. The van der Waals surface area contributed by atoms with Gasteiger partial charge in [-0.05, 0) is 30.4 Å². The van der Waals surface area contributed by atoms with Gasteiger partial charge in [-0.2, -0.15) is 0 Å². The zero-order chi connectivity index (χ0) is 18.1. The van der Waals surface area contributed by atoms with E-state index >= 15 is 0 Å². The lowest BCUT2D eigenvalue weighted by molar-refractivity contribution is -0.136. The van der Waals surface area contributed by atoms with Crippen molar-refractivity contribution in [2.24, 2.45) is 14.1 Å². The minimum atomic E-state index is -0.846. The van der Waals surface area contributed by atoms with Crippen molar-refractivity contribution in [1.82, 2.24) is 9.13 Å². The summed E-state index contributed by atoms with van der Waals surface area (Å²) in [5, 5.41) is 8.93. The fraction of sp³-hybridized carbons (Fsp3) is 0.389. The van der Waals surface area contributed by atoms with E-state index < -0.39 is 5.97 Å². The van der Waals surface area contributed by atoms with Gasteiger partial charge in [0.2, 0.25) is 0 Å². The molecule has 0 amide bonds. The number of carboxylic acids is 1. The fourth-order valence-electron chi connectivity index (χ4n) is 3.21. The number of rotatable bonds is 4. The number of nitrogens with zero attached hydrogens (tertiary/aromatic N) is 2. The lowest BCUT2D eigenvalue weighted by Gasteiger charge is -2.23. The molecule has 2 aromatic rings. The second kappa shape index (κ2) is 6.58. The Hall–Kier alpha value is -2.83. The summed E-state index contributed by atoms with van der Waals surface area (Å²) in [5.74, 6) is -0.216. The molecule has 0 bridgehead atoms. The molecule has 1 N–H and O–H groups in total. The maximum atomic E-state index is 12.5. The molecule has 0 aliphatic carbocycles. The molecule has 3 rings (SSSR count). The molecule has 0 atom stereocenters. The maximum Gasteiger partial charge on any atom is 0.330 e. The van der Waals surface area contributed by atoms with Crippen molar-refractivity contribution < 1.29 is 14.6 Å². The Morgan fingerprint density at radius 1 is 1.24 bits per heavy atom. The van der Waals surface area contributed by atoms with Crippen molar-refractivity contribution in [3.8, 4) is 16.9 Å². The van der Waals surface area contributed by atoms with Gasteiger partial charge in [0.15, 0.2) is 0 Å². The van der Waals surface area contributed by atoms with Crippen LogP contribution in [-0.2, 0) is 31.7 Å². The summed E-state index contributed by atoms with van der Waals surface area (Å²) in [6.45, 7) is 0.550. The van der Waals surface area contributed by atoms with Crippen LogP contribution in [0.25, 0.3) is 11.1 Å². The second-order valence-corrected chi connectivity index (χ2v) is 6.23. The maximum absolute atomic E-state index is 12.5. The van der Waals surface area contributed by atoms with E-state index in [0.29, 0.717) is 29.9 Å². The van der Waals surface area contributed by atoms with E-state index in [4.69, 9.17) is 9.84 Å². The van der Waals surface area contributed by atoms with E-state index in [9.17, 15) is 14.4 Å². The number of carbonyl (C=O) groups is 1. The average molecular weight is 344 g/mol. The smallest absolute Gasteiger partial charge is 0.330 e. The molecule has 1 aromatic carbocycles. The van der Waals surface area contributed by atoms with Crippen molar-refractivity contribution in [1.29, 1.82) is 0 Å². The Labute approximate surface area is 144 Å². The standard InChI is InChI=1S/C18H20N2O5/c1-19-10-14(17(23)20(2)18(19)24)13-7-5-11(6-8-15(21)22)12-4-3-9-25-16(12)13/h5,7,10H,3-4,6,8-9H2,1-2H3,(H,21,22). The predicted octanol–water partition coefficient (Wildman–Crippen LogP) is 1.09. The normalized spacial score (nSPS) is 13.2. The predicted molar refractivity (Wildman–Crippen MR) is 92.1 cm³/mol. The first-order chi connectivity index (χ1) is 11.9. The zero-order valence-corrected chi connectivity index (χ0v) is 14.2. The largest absolute Gasteiger partial charge is 0.493 e. The molecule has 0 fully saturated rings. The van der Waals surface area contributed by atoms with E-state index in [1.54, 1.807) is 13.1 Å². The van der Waals surface area contributed by atoms with Crippen molar-refractivity contribution >= 4 is 5.97 Å². The minimum Gasteiger partial charge on any atom is -0.493 e. The third-order valence-corrected chi connectivity index (χ3v) is 4.52. The monoisotopic (exact) mass is 344 g/mol. The number of fused-ring (bicyclic) bond motifs is 1. The van der Waals surface area contributed by atoms with E-state index in [1.165, 1.54) is 17.8 Å². The molecule has 0 saturated carbocycles. The first kappa shape index (κ1) is 17.0. The highest BCUT2D eigenvalue weighted by atomic mass is 16.5. The molecule has 0 radical (unpaired) electrons. The third kappa shape index (κ3) is 3.09. The summed E-state index contributed by atoms with van der Waals surface area (Å²) in [6.07, 6.45) is 3.63. The van der Waals surface area contributed by atoms with Crippen molar-refractivity contribution in [3.05, 3.63) is 50.3 Å². The summed E-state index contributed by atoms with van der Waals surface area (Å²) in [4.78, 5) is 35.3. The molecule has 132 valence electrons. The molecular weight excluding hydrogens is 324 g/mol. The van der Waals surface area contributed by atoms with Gasteiger partial charge >= 0.3 is 11.7 Å². The van der Waals surface area contributed by atoms with Crippen LogP contribution in [-0.4, -0.2) is 26.8 Å². The van der Waals surface area contributed by atoms with E-state index in [-0.39, 0.29) is 17.7 Å². The van der Waals surface area contributed by atoms with E-state index in [1.807, 2.05) is 6.07 Å². The first-order valence-corrected chi connectivity index (χ1v) is 8.16. The number of carboxylic acid groups (broad SMARTS) is 1. The highest BCUT2D eigenvalue weighted by molar-refractivity contribution is 5.73. The van der Waals surface area contributed by atoms with E-state index in [2.05, 4.69) is 0 Å². The van der Waals surface area contributed by atoms with Gasteiger partial charge in [-0.15, -0.1) is 0 Å². The van der Waals surface area contributed by atoms with E-state index in [0.717, 1.165) is 28.5 Å². The lowest BCUT2D eigenvalue weighted by atomic mass is 9.92. The van der Waals surface area contributed by atoms with Crippen LogP contribution in [0.15, 0.2) is 27.9 Å². The van der Waals surface area contributed by atoms with Crippen LogP contribution in [0.5, 0.6) is 5.75 Å². The van der Waals surface area contributed by atoms with Gasteiger partial charge in [0.1, 0.15) is 5.75 Å². The Kier molecular flexibility index (Phi) is 4.48. The summed E-state index contributed by atoms with van der Waals surface area (Å²) >= 11 is 0. The Bertz CT molecular complexity index is 955. The SMILES string of the molecule is Cn1cc(-c2ccc(CCC(=O)O)c3c2OCCC3)c(=O)n(C)c1=O. The molecule has 0 spiro atoms. The molecule has 7 nitrogen and oxygen atoms in total. The number of hydrogen-bond acceptors (Lipinski definition) is 4. The molecule has 0 saturated heterocycles. The van der Waals surface area contributed by atoms with Crippen LogP contribution in [0, 0.1) is 0 Å². The van der Waals surface area contributed by atoms with Crippen molar-refractivity contribution in [2.45, 2.75) is 25.7 Å². The highest BCUT2D eigenvalue weighted by Gasteiger charge is 2.22. The number of benzene rings is 1. The lowest BCUT2D eigenvalue weighted by Crippen LogP contribution is -2.37. The number of aromatic nitrogens is 2. The molecule has 0 unspecified atom stereocenters. The quantitative estimate of drug-likeness (QED) is 0.897. The topological polar surface area (TPSA) is 90.5 Å². The summed E-state index contributed by atoms with van der Waals surface area (Å²) in [6, 6.07) is 3.64. The van der Waals surface area contributed by atoms with Crippen LogP contribution in [0.3, 0.4) is 0 Å². The highest BCUT2D eigenvalue weighted by Crippen LogP contribution is 2.37. The number of aryl methyl sites for hydroxylation is 2. The van der Waals surface area contributed by atoms with Crippen LogP contribution in [0.2, 0.25) is 0 Å². The third-order valence-electron chi connectivity index (χ3n) is 4.52. The van der Waals surface area contributed by atoms with Gasteiger partial charge in [0, 0.05) is 32.3 Å². The minimum absolute atomic E-state index is 0.0490. The average Bonchev–Trinajstić information content (AvgIpc) is 2.61. The van der Waals surface area contributed by atoms with Crippen LogP contribution in [0.4, 0.5) is 0 Å². The van der Waals surface area contributed by atoms with Gasteiger partial charge in [0.05, 0.1) is 12.2 Å². The van der Waals surface area contributed by atoms with Crippen LogP contribution >= 0.6 is 0 Å². The first-order valence-electron chi connectivity index (χ1n) is 8.16. The molecule has 1 aromatic heterocycles. The Balaban J connectivity index is 2.17. The molecular formula is C18H20N2O5. The Morgan fingerprint density at radius 2 is 2.00 bits per heavy atom. The van der Waals surface area contributed by atoms with Crippen molar-refractivity contribution in [2.75, 3.05) is 6.61 Å². The number of aliphatic carboxylic acids is 1. The summed E-state index contributed by atoms with van der Waals surface area (Å²) < 4.78 is 8.28. The second-order valence-electron chi connectivity index (χ2n) is 6.23. The van der Waals surface area contributed by atoms with Crippen molar-refractivity contribution in [3.63, 3.8) is 0 Å². The van der Waals surface area contributed by atoms with Gasteiger partial charge in [-0.1, -0.05) is 12.1 Å². The zero-order valence-electron chi connectivity index (χ0n) is 14.2. The van der Waals surface area contributed by atoms with Gasteiger partial charge in [-0.25, -0.2) is 4.79 Å². The van der Waals surface area contributed by atoms with Gasteiger partial charge in [0.25, 0.3) is 5.56 Å². The summed E-state index contributed by atoms with van der Waals surface area (Å²) in [5.41, 5.74) is 2.17. The molecule has 1 aliphatic rings. The van der Waals surface area contributed by atoms with Crippen LogP contribution < -0.4 is 16.0 Å². The molecule has 25 heavy (non-hydrogen) atoms. The van der Waals surface area contributed by atoms with Crippen LogP contribution in [0.1, 0.15) is 24.0 Å². The molecule has 7 heteroatoms. The number of ether oxygens (including phenoxy) is 1. The van der Waals surface area contributed by atoms with Gasteiger partial charge < -0.3 is 14.4 Å². The molecule has 1 aliphatic heterocycles. The molecule has 2 heterocycles. The number of hydrogen-bond donors (Lipinski definition) is 1. The summed E-state index contributed by atoms with van der Waals surface area (Å²) in [7, 11) is 3.04. The Morgan fingerprint density at radius 3 is 2.72 bits per heavy atom.